The van der Waals surface area contributed by atoms with E-state index in [9.17, 15) is 19.5 Å². The van der Waals surface area contributed by atoms with Crippen LogP contribution in [0.15, 0.2) is 72.8 Å². The molecule has 2 saturated heterocycles. The van der Waals surface area contributed by atoms with Crippen LogP contribution in [0, 0.1) is 11.7 Å². The van der Waals surface area contributed by atoms with Crippen molar-refractivity contribution in [2.45, 2.75) is 63.1 Å². The van der Waals surface area contributed by atoms with Crippen LogP contribution in [0.4, 0.5) is 15.8 Å². The number of fused-ring (bicyclic) bond motifs is 6. The molecule has 60 heavy (non-hydrogen) atoms. The van der Waals surface area contributed by atoms with Crippen molar-refractivity contribution in [3.05, 3.63) is 106 Å². The first-order valence-electron chi connectivity index (χ1n) is 21.1. The minimum Gasteiger partial charge on any atom is -0.508 e. The topological polar surface area (TPSA) is 124 Å². The van der Waals surface area contributed by atoms with Crippen LogP contribution in [0.25, 0.3) is 0 Å². The third-order valence-corrected chi connectivity index (χ3v) is 13.4. The smallest absolute Gasteiger partial charge is 0.254 e. The van der Waals surface area contributed by atoms with Crippen LogP contribution >= 0.6 is 0 Å². The summed E-state index contributed by atoms with van der Waals surface area (Å²) in [6, 6.07) is 22.8. The van der Waals surface area contributed by atoms with Gasteiger partial charge in [-0.1, -0.05) is 36.4 Å². The number of nitrogens with zero attached hydrogens (tertiary/aromatic N) is 4. The molecule has 4 aromatic carbocycles. The lowest BCUT2D eigenvalue weighted by molar-refractivity contribution is -0.125. The van der Waals surface area contributed by atoms with Gasteiger partial charge in [0.1, 0.15) is 35.4 Å². The van der Waals surface area contributed by atoms with Gasteiger partial charge in [0.2, 0.25) is 12.3 Å². The molecule has 5 aliphatic rings. The van der Waals surface area contributed by atoms with Gasteiger partial charge in [-0.2, -0.15) is 0 Å². The second-order valence-electron chi connectivity index (χ2n) is 16.9. The number of nitrogens with one attached hydrogen (secondary N) is 1. The molecule has 3 unspecified atom stereocenters. The third-order valence-electron chi connectivity index (χ3n) is 13.4. The Morgan fingerprint density at radius 3 is 2.58 bits per heavy atom. The molecule has 0 aromatic heterocycles. The second-order valence-corrected chi connectivity index (χ2v) is 16.9. The van der Waals surface area contributed by atoms with E-state index in [-0.39, 0.29) is 53.7 Å². The lowest BCUT2D eigenvalue weighted by Crippen LogP contribution is -2.58. The summed E-state index contributed by atoms with van der Waals surface area (Å²) in [5.41, 5.74) is 5.89. The number of phenols is 1. The van der Waals surface area contributed by atoms with Crippen molar-refractivity contribution >= 4 is 29.6 Å². The molecule has 4 aromatic rings. The summed E-state index contributed by atoms with van der Waals surface area (Å²) in [7, 11) is 1.64. The van der Waals surface area contributed by atoms with Crippen molar-refractivity contribution < 1.29 is 38.1 Å². The quantitative estimate of drug-likeness (QED) is 0.173. The van der Waals surface area contributed by atoms with E-state index >= 15 is 4.39 Å². The Kier molecular flexibility index (Phi) is 11.0. The van der Waals surface area contributed by atoms with Crippen LogP contribution in [0.2, 0.25) is 0 Å². The van der Waals surface area contributed by atoms with Gasteiger partial charge < -0.3 is 34.0 Å². The molecular formula is C47H52FN5O7. The summed E-state index contributed by atoms with van der Waals surface area (Å²) in [5.74, 6) is 1.64. The molecule has 5 aliphatic heterocycles. The number of hydrogen-bond donors (Lipinski definition) is 2. The molecule has 5 heterocycles. The predicted octanol–water partition coefficient (Wildman–Crippen LogP) is 6.04. The predicted molar refractivity (Wildman–Crippen MR) is 225 cm³/mol. The van der Waals surface area contributed by atoms with Gasteiger partial charge in [-0.15, -0.1) is 0 Å². The normalized spacial score (nSPS) is 21.8. The zero-order valence-electron chi connectivity index (χ0n) is 34.1. The Hall–Kier alpha value is -5.82. The number of methoxy groups -OCH3 is 1. The van der Waals surface area contributed by atoms with E-state index < -0.39 is 0 Å². The molecule has 12 nitrogen and oxygen atoms in total. The molecular weight excluding hydrogens is 766 g/mol. The van der Waals surface area contributed by atoms with Crippen LogP contribution in [-0.2, 0) is 16.1 Å². The number of halogens is 1. The zero-order chi connectivity index (χ0) is 41.5. The Labute approximate surface area is 349 Å². The number of anilines is 2. The molecule has 0 aliphatic carbocycles. The second kappa shape index (κ2) is 16.7. The van der Waals surface area contributed by atoms with Crippen LogP contribution < -0.4 is 29.3 Å². The standard InChI is InChI=1S/C47H52FN5O7/c1-29(8-13-44(56)49-28-54)53-25-37-34(47(53)57)11-12-40-46(37)60-26-32-24-50(18-19-52(32)40)23-30-14-16-51(17-15-30)41-22-42(58-2)36(21-39(41)48)45-35-10-9-33(55)20-43(35)59-27-38(45)31-6-4-3-5-7-31/h3-7,9-12,20-22,28-30,32,38,45,55H,8,13-19,23-27H2,1-2H3,(H,49,54,56)/t29-,32?,38?,45?/m0/s1. The highest BCUT2D eigenvalue weighted by molar-refractivity contribution is 6.00. The van der Waals surface area contributed by atoms with Crippen molar-refractivity contribution in [2.24, 2.45) is 5.92 Å². The molecule has 4 atom stereocenters. The monoisotopic (exact) mass is 817 g/mol. The molecule has 9 rings (SSSR count). The van der Waals surface area contributed by atoms with Gasteiger partial charge in [0.15, 0.2) is 0 Å². The van der Waals surface area contributed by atoms with E-state index in [1.165, 1.54) is 0 Å². The van der Waals surface area contributed by atoms with E-state index in [0.717, 1.165) is 85.8 Å². The first kappa shape index (κ1) is 39.6. The van der Waals surface area contributed by atoms with E-state index in [4.69, 9.17) is 14.2 Å². The average molecular weight is 818 g/mol. The van der Waals surface area contributed by atoms with E-state index in [2.05, 4.69) is 32.1 Å². The fourth-order valence-corrected chi connectivity index (χ4v) is 10.2. The molecule has 0 saturated carbocycles. The minimum absolute atomic E-state index is 0.0581. The number of piperidine rings is 1. The number of piperazine rings is 1. The van der Waals surface area contributed by atoms with Gasteiger partial charge in [0.05, 0.1) is 37.7 Å². The van der Waals surface area contributed by atoms with Crippen LogP contribution in [-0.4, -0.2) is 105 Å². The van der Waals surface area contributed by atoms with Crippen LogP contribution in [0.5, 0.6) is 23.0 Å². The Balaban J connectivity index is 0.832. The highest BCUT2D eigenvalue weighted by Crippen LogP contribution is 2.50. The number of phenolic OH excluding ortho intramolecular Hbond substituents is 1. The maximum absolute atomic E-state index is 16.4. The van der Waals surface area contributed by atoms with Gasteiger partial charge >= 0.3 is 0 Å². The van der Waals surface area contributed by atoms with Gasteiger partial charge in [-0.3, -0.25) is 24.6 Å². The average Bonchev–Trinajstić information content (AvgIpc) is 3.61. The number of carbonyl (C=O) groups excluding carboxylic acids is 3. The molecule has 2 fully saturated rings. The summed E-state index contributed by atoms with van der Waals surface area (Å²) < 4.78 is 35.0. The third kappa shape index (κ3) is 7.48. The minimum atomic E-state index is -0.352. The maximum atomic E-state index is 16.4. The number of hydrogen-bond acceptors (Lipinski definition) is 10. The number of imide groups is 1. The molecule has 314 valence electrons. The summed E-state index contributed by atoms with van der Waals surface area (Å²) in [6.07, 6.45) is 2.92. The highest BCUT2D eigenvalue weighted by Gasteiger charge is 2.41. The number of rotatable bonds is 11. The van der Waals surface area contributed by atoms with Crippen LogP contribution in [0.1, 0.15) is 77.1 Å². The van der Waals surface area contributed by atoms with E-state index in [0.29, 0.717) is 61.3 Å². The zero-order valence-corrected chi connectivity index (χ0v) is 34.1. The number of ether oxygens (including phenoxy) is 3. The molecule has 0 bridgehead atoms. The molecule has 0 radical (unpaired) electrons. The van der Waals surface area contributed by atoms with Crippen molar-refractivity contribution in [1.29, 1.82) is 0 Å². The summed E-state index contributed by atoms with van der Waals surface area (Å²) in [6.45, 7) is 8.44. The summed E-state index contributed by atoms with van der Waals surface area (Å²) in [4.78, 5) is 44.8. The summed E-state index contributed by atoms with van der Waals surface area (Å²) in [5, 5.41) is 12.4. The molecule has 3 amide bonds. The largest absolute Gasteiger partial charge is 0.508 e. The molecule has 2 N–H and O–H groups in total. The fraction of sp³-hybridized carbons (Fsp3) is 0.426. The van der Waals surface area contributed by atoms with Gasteiger partial charge in [0.25, 0.3) is 5.91 Å². The van der Waals surface area contributed by atoms with Crippen molar-refractivity contribution in [3.8, 4) is 23.0 Å². The van der Waals surface area contributed by atoms with E-state index in [1.54, 1.807) is 30.2 Å². The first-order valence-corrected chi connectivity index (χ1v) is 21.1. The Bertz CT molecular complexity index is 2270. The summed E-state index contributed by atoms with van der Waals surface area (Å²) >= 11 is 0. The van der Waals surface area contributed by atoms with Crippen molar-refractivity contribution in [2.75, 3.05) is 69.4 Å². The van der Waals surface area contributed by atoms with Gasteiger partial charge in [-0.25, -0.2) is 4.39 Å². The van der Waals surface area contributed by atoms with Crippen LogP contribution in [0.3, 0.4) is 0 Å². The van der Waals surface area contributed by atoms with E-state index in [1.807, 2.05) is 49.4 Å². The van der Waals surface area contributed by atoms with Gasteiger partial charge in [-0.05, 0) is 61.9 Å². The Morgan fingerprint density at radius 2 is 1.80 bits per heavy atom. The number of carbonyl (C=O) groups is 3. The lowest BCUT2D eigenvalue weighted by atomic mass is 9.75. The maximum Gasteiger partial charge on any atom is 0.254 e. The Morgan fingerprint density at radius 1 is 0.983 bits per heavy atom. The highest BCUT2D eigenvalue weighted by atomic mass is 19.1. The number of benzene rings is 4. The molecule has 0 spiro atoms. The fourth-order valence-electron chi connectivity index (χ4n) is 10.2. The van der Waals surface area contributed by atoms with Crippen molar-refractivity contribution in [3.63, 3.8) is 0 Å². The van der Waals surface area contributed by atoms with Crippen molar-refractivity contribution in [1.82, 2.24) is 15.1 Å². The van der Waals surface area contributed by atoms with Gasteiger partial charge in [0, 0.05) is 98.0 Å². The number of aromatic hydroxyl groups is 1. The molecule has 13 heteroatoms. The lowest BCUT2D eigenvalue weighted by Gasteiger charge is -2.47. The first-order chi connectivity index (χ1) is 29.2. The SMILES string of the molecule is COc1cc(N2CCC(CN3CCN4c5ccc6c(c5OCC4C3)CN([C@@H](C)CCC(=O)NC=O)C6=O)CC2)c(F)cc1C1c2ccc(O)cc2OCC1c1ccccc1. The number of amides is 3.